The molecule has 1 fully saturated rings. The van der Waals surface area contributed by atoms with Crippen LogP contribution in [-0.2, 0) is 4.79 Å². The maximum Gasteiger partial charge on any atom is 0.256 e. The summed E-state index contributed by atoms with van der Waals surface area (Å²) in [6.45, 7) is 5.22. The maximum atomic E-state index is 13.8. The summed E-state index contributed by atoms with van der Waals surface area (Å²) in [5.74, 6) is -0.923. The first-order valence-electron chi connectivity index (χ1n) is 8.24. The van der Waals surface area contributed by atoms with Crippen LogP contribution in [0.1, 0.15) is 30.1 Å². The number of unbranched alkanes of at least 4 members (excludes halogenated alkanes) is 1. The quantitative estimate of drug-likeness (QED) is 0.795. The highest BCUT2D eigenvalue weighted by atomic mass is 35.5. The topological polar surface area (TPSA) is 52.7 Å². The summed E-state index contributed by atoms with van der Waals surface area (Å²) in [7, 11) is 0. The second-order valence-electron chi connectivity index (χ2n) is 5.90. The molecule has 0 spiro atoms. The summed E-state index contributed by atoms with van der Waals surface area (Å²) in [5.41, 5.74) is -0.00624. The normalized spacial score (nSPS) is 15.4. The molecule has 0 atom stereocenters. The Morgan fingerprint density at radius 1 is 1.25 bits per heavy atom. The molecule has 24 heavy (non-hydrogen) atoms. The van der Waals surface area contributed by atoms with Gasteiger partial charge in [-0.2, -0.15) is 0 Å². The van der Waals surface area contributed by atoms with Crippen molar-refractivity contribution < 1.29 is 14.0 Å². The Morgan fingerprint density at radius 3 is 2.62 bits per heavy atom. The third-order valence-electron chi connectivity index (χ3n) is 4.04. The minimum atomic E-state index is -0.567. The monoisotopic (exact) mass is 355 g/mol. The highest BCUT2D eigenvalue weighted by Crippen LogP contribution is 2.17. The van der Waals surface area contributed by atoms with Gasteiger partial charge in [0, 0.05) is 37.7 Å². The Hall–Kier alpha value is -1.66. The number of benzene rings is 1. The van der Waals surface area contributed by atoms with Crippen LogP contribution >= 0.6 is 11.6 Å². The fourth-order valence-electron chi connectivity index (χ4n) is 2.60. The Kier molecular flexibility index (Phi) is 6.99. The molecule has 0 radical (unpaired) electrons. The molecule has 1 heterocycles. The SMILES string of the molecule is CCCCNC(=O)CN1CCN(C(=O)c2cc(Cl)ccc2F)CC1. The molecular formula is C17H23ClFN3O2. The molecule has 0 saturated carbocycles. The van der Waals surface area contributed by atoms with Crippen LogP contribution in [-0.4, -0.2) is 60.9 Å². The van der Waals surface area contributed by atoms with E-state index in [9.17, 15) is 14.0 Å². The average molecular weight is 356 g/mol. The first-order chi connectivity index (χ1) is 11.5. The largest absolute Gasteiger partial charge is 0.355 e. The number of piperazine rings is 1. The van der Waals surface area contributed by atoms with Crippen molar-refractivity contribution >= 4 is 23.4 Å². The number of rotatable bonds is 6. The van der Waals surface area contributed by atoms with Gasteiger partial charge in [-0.3, -0.25) is 14.5 Å². The van der Waals surface area contributed by atoms with Gasteiger partial charge in [-0.25, -0.2) is 4.39 Å². The second kappa shape index (κ2) is 8.99. The number of carbonyl (C=O) groups excluding carboxylic acids is 2. The Balaban J connectivity index is 1.83. The van der Waals surface area contributed by atoms with E-state index in [0.29, 0.717) is 44.3 Å². The molecule has 0 aromatic heterocycles. The van der Waals surface area contributed by atoms with Gasteiger partial charge in [-0.1, -0.05) is 24.9 Å². The first kappa shape index (κ1) is 18.7. The molecule has 1 aromatic rings. The summed E-state index contributed by atoms with van der Waals surface area (Å²) in [6.07, 6.45) is 2.01. The molecule has 1 aliphatic rings. The van der Waals surface area contributed by atoms with E-state index in [-0.39, 0.29) is 17.4 Å². The number of nitrogens with zero attached hydrogens (tertiary/aromatic N) is 2. The van der Waals surface area contributed by atoms with Gasteiger partial charge in [0.2, 0.25) is 5.91 Å². The van der Waals surface area contributed by atoms with Gasteiger partial charge in [-0.15, -0.1) is 0 Å². The minimum Gasteiger partial charge on any atom is -0.355 e. The van der Waals surface area contributed by atoms with Gasteiger partial charge in [0.1, 0.15) is 5.82 Å². The van der Waals surface area contributed by atoms with Gasteiger partial charge >= 0.3 is 0 Å². The van der Waals surface area contributed by atoms with E-state index in [4.69, 9.17) is 11.6 Å². The molecule has 1 saturated heterocycles. The predicted octanol–water partition coefficient (Wildman–Crippen LogP) is 2.15. The van der Waals surface area contributed by atoms with Gasteiger partial charge in [0.25, 0.3) is 5.91 Å². The van der Waals surface area contributed by atoms with E-state index < -0.39 is 5.82 Å². The van der Waals surface area contributed by atoms with E-state index in [2.05, 4.69) is 12.2 Å². The van der Waals surface area contributed by atoms with Crippen LogP contribution in [0.5, 0.6) is 0 Å². The minimum absolute atomic E-state index is 0.00381. The third kappa shape index (κ3) is 5.18. The molecule has 0 unspecified atom stereocenters. The second-order valence-corrected chi connectivity index (χ2v) is 6.33. The van der Waals surface area contributed by atoms with Crippen molar-refractivity contribution in [3.63, 3.8) is 0 Å². The van der Waals surface area contributed by atoms with Crippen molar-refractivity contribution in [3.8, 4) is 0 Å². The molecular weight excluding hydrogens is 333 g/mol. The van der Waals surface area contributed by atoms with Gasteiger partial charge in [0.15, 0.2) is 0 Å². The standard InChI is InChI=1S/C17H23ClFN3O2/c1-2-3-6-20-16(23)12-21-7-9-22(10-8-21)17(24)14-11-13(18)4-5-15(14)19/h4-5,11H,2-3,6-10,12H2,1H3,(H,20,23). The lowest BCUT2D eigenvalue weighted by atomic mass is 10.1. The molecule has 1 aromatic carbocycles. The van der Waals surface area contributed by atoms with Gasteiger partial charge in [-0.05, 0) is 24.6 Å². The molecule has 0 aliphatic carbocycles. The number of amides is 2. The average Bonchev–Trinajstić information content (AvgIpc) is 2.57. The smallest absolute Gasteiger partial charge is 0.256 e. The van der Waals surface area contributed by atoms with E-state index in [1.807, 2.05) is 4.90 Å². The first-order valence-corrected chi connectivity index (χ1v) is 8.62. The molecule has 2 rings (SSSR count). The number of hydrogen-bond donors (Lipinski definition) is 1. The van der Waals surface area contributed by atoms with Crippen molar-refractivity contribution in [2.75, 3.05) is 39.3 Å². The molecule has 2 amide bonds. The number of nitrogens with one attached hydrogen (secondary N) is 1. The van der Waals surface area contributed by atoms with Crippen molar-refractivity contribution in [3.05, 3.63) is 34.6 Å². The molecule has 1 aliphatic heterocycles. The summed E-state index contributed by atoms with van der Waals surface area (Å²) in [5, 5.41) is 3.21. The van der Waals surface area contributed by atoms with Crippen molar-refractivity contribution in [2.24, 2.45) is 0 Å². The highest BCUT2D eigenvalue weighted by Gasteiger charge is 2.25. The molecule has 7 heteroatoms. The molecule has 1 N–H and O–H groups in total. The fourth-order valence-corrected chi connectivity index (χ4v) is 2.78. The zero-order valence-electron chi connectivity index (χ0n) is 13.9. The molecule has 0 bridgehead atoms. The lowest BCUT2D eigenvalue weighted by Crippen LogP contribution is -2.51. The van der Waals surface area contributed by atoms with E-state index in [1.54, 1.807) is 4.90 Å². The van der Waals surface area contributed by atoms with Crippen molar-refractivity contribution in [2.45, 2.75) is 19.8 Å². The van der Waals surface area contributed by atoms with E-state index in [1.165, 1.54) is 18.2 Å². The number of halogens is 2. The van der Waals surface area contributed by atoms with Crippen LogP contribution in [0.25, 0.3) is 0 Å². The lowest BCUT2D eigenvalue weighted by Gasteiger charge is -2.34. The Labute approximate surface area is 146 Å². The predicted molar refractivity (Wildman–Crippen MR) is 91.7 cm³/mol. The summed E-state index contributed by atoms with van der Waals surface area (Å²) in [4.78, 5) is 27.8. The van der Waals surface area contributed by atoms with Crippen LogP contribution in [0, 0.1) is 5.82 Å². The number of hydrogen-bond acceptors (Lipinski definition) is 3. The van der Waals surface area contributed by atoms with E-state index in [0.717, 1.165) is 12.8 Å². The number of carbonyl (C=O) groups is 2. The van der Waals surface area contributed by atoms with Crippen LogP contribution in [0.15, 0.2) is 18.2 Å². The maximum absolute atomic E-state index is 13.8. The Morgan fingerprint density at radius 2 is 1.96 bits per heavy atom. The zero-order valence-corrected chi connectivity index (χ0v) is 14.6. The van der Waals surface area contributed by atoms with Crippen LogP contribution < -0.4 is 5.32 Å². The van der Waals surface area contributed by atoms with Crippen LogP contribution in [0.4, 0.5) is 4.39 Å². The molecule has 132 valence electrons. The van der Waals surface area contributed by atoms with Gasteiger partial charge < -0.3 is 10.2 Å². The summed E-state index contributed by atoms with van der Waals surface area (Å²) >= 11 is 5.84. The molecule has 5 nitrogen and oxygen atoms in total. The highest BCUT2D eigenvalue weighted by molar-refractivity contribution is 6.31. The summed E-state index contributed by atoms with van der Waals surface area (Å²) < 4.78 is 13.8. The Bertz CT molecular complexity index is 589. The van der Waals surface area contributed by atoms with E-state index >= 15 is 0 Å². The van der Waals surface area contributed by atoms with Crippen LogP contribution in [0.2, 0.25) is 5.02 Å². The van der Waals surface area contributed by atoms with Crippen molar-refractivity contribution in [1.29, 1.82) is 0 Å². The lowest BCUT2D eigenvalue weighted by molar-refractivity contribution is -0.122. The zero-order chi connectivity index (χ0) is 17.5. The van der Waals surface area contributed by atoms with Gasteiger partial charge in [0.05, 0.1) is 12.1 Å². The fraction of sp³-hybridized carbons (Fsp3) is 0.529. The van der Waals surface area contributed by atoms with Crippen LogP contribution in [0.3, 0.4) is 0 Å². The summed E-state index contributed by atoms with van der Waals surface area (Å²) in [6, 6.07) is 3.97. The third-order valence-corrected chi connectivity index (χ3v) is 4.27. The van der Waals surface area contributed by atoms with Crippen molar-refractivity contribution in [1.82, 2.24) is 15.1 Å².